The van der Waals surface area contributed by atoms with E-state index < -0.39 is 5.60 Å². The van der Waals surface area contributed by atoms with Crippen LogP contribution in [0.3, 0.4) is 0 Å². The molecule has 0 saturated carbocycles. The first kappa shape index (κ1) is 14.0. The SMILES string of the molecule is CCN(Cc1ccnc2ccccc12)CC(C)(C)O. The molecule has 3 heteroatoms. The van der Waals surface area contributed by atoms with Crippen LogP contribution in [0.4, 0.5) is 0 Å². The molecule has 0 spiro atoms. The first-order chi connectivity index (χ1) is 8.99. The summed E-state index contributed by atoms with van der Waals surface area (Å²) >= 11 is 0. The van der Waals surface area contributed by atoms with Crippen molar-refractivity contribution in [3.63, 3.8) is 0 Å². The van der Waals surface area contributed by atoms with Gasteiger partial charge in [-0.05, 0) is 38.1 Å². The number of aromatic nitrogens is 1. The van der Waals surface area contributed by atoms with Crippen LogP contribution in [-0.2, 0) is 6.54 Å². The molecule has 0 bridgehead atoms. The third-order valence-corrected chi connectivity index (χ3v) is 3.19. The molecule has 1 heterocycles. The number of hydrogen-bond donors (Lipinski definition) is 1. The van der Waals surface area contributed by atoms with E-state index in [1.54, 1.807) is 0 Å². The first-order valence-corrected chi connectivity index (χ1v) is 6.77. The van der Waals surface area contributed by atoms with Gasteiger partial charge in [0.15, 0.2) is 0 Å². The van der Waals surface area contributed by atoms with Crippen LogP contribution in [-0.4, -0.2) is 33.7 Å². The Labute approximate surface area is 114 Å². The fraction of sp³-hybridized carbons (Fsp3) is 0.438. The Bertz CT molecular complexity index is 540. The normalized spacial score (nSPS) is 12.3. The molecule has 0 atom stereocenters. The van der Waals surface area contributed by atoms with Crippen molar-refractivity contribution in [1.82, 2.24) is 9.88 Å². The van der Waals surface area contributed by atoms with Crippen LogP contribution in [0.1, 0.15) is 26.3 Å². The van der Waals surface area contributed by atoms with Crippen molar-refractivity contribution in [2.24, 2.45) is 0 Å². The average molecular weight is 258 g/mol. The molecular weight excluding hydrogens is 236 g/mol. The summed E-state index contributed by atoms with van der Waals surface area (Å²) < 4.78 is 0. The standard InChI is InChI=1S/C16H22N2O/c1-4-18(12-16(2,3)19)11-13-9-10-17-15-8-6-5-7-14(13)15/h5-10,19H,4,11-12H2,1-3H3. The molecule has 2 aromatic rings. The second-order valence-corrected chi connectivity index (χ2v) is 5.60. The molecule has 1 aromatic carbocycles. The molecular formula is C16H22N2O. The summed E-state index contributed by atoms with van der Waals surface area (Å²) in [5.41, 5.74) is 1.62. The van der Waals surface area contributed by atoms with Crippen LogP contribution in [0, 0.1) is 0 Å². The molecule has 19 heavy (non-hydrogen) atoms. The zero-order valence-corrected chi connectivity index (χ0v) is 11.9. The van der Waals surface area contributed by atoms with Crippen molar-refractivity contribution >= 4 is 10.9 Å². The van der Waals surface area contributed by atoms with Crippen LogP contribution in [0.2, 0.25) is 0 Å². The molecule has 0 amide bonds. The Morgan fingerprint density at radius 1 is 1.21 bits per heavy atom. The molecule has 0 radical (unpaired) electrons. The van der Waals surface area contributed by atoms with Gasteiger partial charge >= 0.3 is 0 Å². The van der Waals surface area contributed by atoms with Gasteiger partial charge < -0.3 is 5.11 Å². The predicted molar refractivity (Wildman–Crippen MR) is 79.0 cm³/mol. The van der Waals surface area contributed by atoms with E-state index in [9.17, 15) is 5.11 Å². The lowest BCUT2D eigenvalue weighted by molar-refractivity contribution is 0.0354. The second-order valence-electron chi connectivity index (χ2n) is 5.60. The van der Waals surface area contributed by atoms with E-state index in [2.05, 4.69) is 28.9 Å². The highest BCUT2D eigenvalue weighted by Gasteiger charge is 2.17. The van der Waals surface area contributed by atoms with Crippen LogP contribution in [0.25, 0.3) is 10.9 Å². The van der Waals surface area contributed by atoms with Crippen molar-refractivity contribution in [2.75, 3.05) is 13.1 Å². The molecule has 0 saturated heterocycles. The van der Waals surface area contributed by atoms with E-state index in [-0.39, 0.29) is 0 Å². The minimum atomic E-state index is -0.668. The molecule has 102 valence electrons. The molecule has 0 aliphatic carbocycles. The van der Waals surface area contributed by atoms with Gasteiger partial charge in [-0.1, -0.05) is 25.1 Å². The number of aliphatic hydroxyl groups is 1. The smallest absolute Gasteiger partial charge is 0.0718 e. The summed E-state index contributed by atoms with van der Waals surface area (Å²) in [4.78, 5) is 6.63. The Balaban J connectivity index is 2.24. The summed E-state index contributed by atoms with van der Waals surface area (Å²) in [5.74, 6) is 0. The topological polar surface area (TPSA) is 36.4 Å². The van der Waals surface area contributed by atoms with E-state index in [1.807, 2.05) is 38.2 Å². The van der Waals surface area contributed by atoms with Gasteiger partial charge in [-0.2, -0.15) is 0 Å². The van der Waals surface area contributed by atoms with E-state index in [1.165, 1.54) is 10.9 Å². The first-order valence-electron chi connectivity index (χ1n) is 6.77. The zero-order valence-electron chi connectivity index (χ0n) is 11.9. The van der Waals surface area contributed by atoms with Crippen LogP contribution in [0.5, 0.6) is 0 Å². The molecule has 0 aliphatic heterocycles. The highest BCUT2D eigenvalue weighted by Crippen LogP contribution is 2.18. The fourth-order valence-electron chi connectivity index (χ4n) is 2.36. The van der Waals surface area contributed by atoms with E-state index in [4.69, 9.17) is 0 Å². The van der Waals surface area contributed by atoms with Crippen molar-refractivity contribution in [3.05, 3.63) is 42.1 Å². The average Bonchev–Trinajstić information content (AvgIpc) is 2.37. The zero-order chi connectivity index (χ0) is 13.9. The van der Waals surface area contributed by atoms with E-state index in [0.717, 1.165) is 18.6 Å². The number of pyridine rings is 1. The van der Waals surface area contributed by atoms with Gasteiger partial charge in [0.05, 0.1) is 11.1 Å². The number of benzene rings is 1. The maximum absolute atomic E-state index is 9.96. The largest absolute Gasteiger partial charge is 0.389 e. The number of likely N-dealkylation sites (N-methyl/N-ethyl adjacent to an activating group) is 1. The van der Waals surface area contributed by atoms with Crippen LogP contribution >= 0.6 is 0 Å². The molecule has 3 nitrogen and oxygen atoms in total. The van der Waals surface area contributed by atoms with Crippen LogP contribution in [0.15, 0.2) is 36.5 Å². The summed E-state index contributed by atoms with van der Waals surface area (Å²) in [5, 5.41) is 11.2. The minimum Gasteiger partial charge on any atom is -0.389 e. The summed E-state index contributed by atoms with van der Waals surface area (Å²) in [6.07, 6.45) is 1.86. The van der Waals surface area contributed by atoms with Crippen molar-refractivity contribution in [2.45, 2.75) is 32.9 Å². The number of nitrogens with zero attached hydrogens (tertiary/aromatic N) is 2. The molecule has 1 aromatic heterocycles. The van der Waals surface area contributed by atoms with Gasteiger partial charge in [0, 0.05) is 24.7 Å². The van der Waals surface area contributed by atoms with Gasteiger partial charge in [0.2, 0.25) is 0 Å². The quantitative estimate of drug-likeness (QED) is 0.896. The van der Waals surface area contributed by atoms with Crippen molar-refractivity contribution in [3.8, 4) is 0 Å². The van der Waals surface area contributed by atoms with Gasteiger partial charge in [0.25, 0.3) is 0 Å². The van der Waals surface area contributed by atoms with Gasteiger partial charge in [-0.15, -0.1) is 0 Å². The Morgan fingerprint density at radius 2 is 1.95 bits per heavy atom. The van der Waals surface area contributed by atoms with Gasteiger partial charge in [0.1, 0.15) is 0 Å². The van der Waals surface area contributed by atoms with Gasteiger partial charge in [-0.3, -0.25) is 9.88 Å². The number of fused-ring (bicyclic) bond motifs is 1. The second kappa shape index (κ2) is 5.68. The molecule has 0 aliphatic rings. The monoisotopic (exact) mass is 258 g/mol. The maximum Gasteiger partial charge on any atom is 0.0718 e. The number of para-hydroxylation sites is 1. The van der Waals surface area contributed by atoms with E-state index >= 15 is 0 Å². The summed E-state index contributed by atoms with van der Waals surface area (Å²) in [6.45, 7) is 8.24. The Kier molecular flexibility index (Phi) is 4.17. The number of hydrogen-bond acceptors (Lipinski definition) is 3. The Morgan fingerprint density at radius 3 is 2.63 bits per heavy atom. The molecule has 0 fully saturated rings. The molecule has 0 unspecified atom stereocenters. The predicted octanol–water partition coefficient (Wildman–Crippen LogP) is 2.83. The highest BCUT2D eigenvalue weighted by atomic mass is 16.3. The van der Waals surface area contributed by atoms with Gasteiger partial charge in [-0.25, -0.2) is 0 Å². The maximum atomic E-state index is 9.96. The lowest BCUT2D eigenvalue weighted by Crippen LogP contribution is -2.38. The van der Waals surface area contributed by atoms with Crippen molar-refractivity contribution < 1.29 is 5.11 Å². The van der Waals surface area contributed by atoms with E-state index in [0.29, 0.717) is 6.54 Å². The van der Waals surface area contributed by atoms with Crippen molar-refractivity contribution in [1.29, 1.82) is 0 Å². The summed E-state index contributed by atoms with van der Waals surface area (Å²) in [7, 11) is 0. The van der Waals surface area contributed by atoms with Crippen LogP contribution < -0.4 is 0 Å². The third-order valence-electron chi connectivity index (χ3n) is 3.19. The summed E-state index contributed by atoms with van der Waals surface area (Å²) in [6, 6.07) is 10.3. The molecule has 1 N–H and O–H groups in total. The Hall–Kier alpha value is -1.45. The third kappa shape index (κ3) is 3.75. The highest BCUT2D eigenvalue weighted by molar-refractivity contribution is 5.81. The molecule has 2 rings (SSSR count). The minimum absolute atomic E-state index is 0.667. The fourth-order valence-corrected chi connectivity index (χ4v) is 2.36. The lowest BCUT2D eigenvalue weighted by Gasteiger charge is -2.28. The number of rotatable bonds is 5. The lowest BCUT2D eigenvalue weighted by atomic mass is 10.1.